The van der Waals surface area contributed by atoms with Gasteiger partial charge in [-0.3, -0.25) is 4.90 Å². The first-order valence-electron chi connectivity index (χ1n) is 6.13. The average molecular weight is 293 g/mol. The number of piperidine rings is 1. The van der Waals surface area contributed by atoms with Crippen LogP contribution in [-0.2, 0) is 11.3 Å². The smallest absolute Gasteiger partial charge is 0.200 e. The maximum atomic E-state index is 13.5. The van der Waals surface area contributed by atoms with E-state index in [1.165, 1.54) is 0 Å². The van der Waals surface area contributed by atoms with Gasteiger partial charge in [-0.25, -0.2) is 22.0 Å². The first-order valence-corrected chi connectivity index (χ1v) is 6.13. The van der Waals surface area contributed by atoms with E-state index in [1.807, 2.05) is 0 Å². The minimum Gasteiger partial charge on any atom is -0.303 e. The van der Waals surface area contributed by atoms with Crippen LogP contribution in [-0.4, -0.2) is 24.3 Å². The standard InChI is InChI=1S/C13H12F5NO/c14-9-8(10(15)12(17)13(18)11(9)16)5-19-3-1-7(6-20)2-4-19/h6-7H,1-5H2. The summed E-state index contributed by atoms with van der Waals surface area (Å²) in [5.74, 6) is -9.70. The normalized spacial score (nSPS) is 17.4. The summed E-state index contributed by atoms with van der Waals surface area (Å²) < 4.78 is 66.0. The number of nitrogens with zero attached hydrogens (tertiary/aromatic N) is 1. The van der Waals surface area contributed by atoms with Gasteiger partial charge in [0.25, 0.3) is 0 Å². The molecule has 0 radical (unpaired) electrons. The van der Waals surface area contributed by atoms with Crippen molar-refractivity contribution in [3.05, 3.63) is 34.6 Å². The van der Waals surface area contributed by atoms with Crippen molar-refractivity contribution in [3.8, 4) is 0 Å². The van der Waals surface area contributed by atoms with Gasteiger partial charge >= 0.3 is 0 Å². The van der Waals surface area contributed by atoms with Crippen LogP contribution < -0.4 is 0 Å². The topological polar surface area (TPSA) is 20.3 Å². The highest BCUT2D eigenvalue weighted by molar-refractivity contribution is 5.53. The molecule has 0 aliphatic carbocycles. The summed E-state index contributed by atoms with van der Waals surface area (Å²) in [6.45, 7) is 0.392. The Balaban J connectivity index is 2.20. The fourth-order valence-electron chi connectivity index (χ4n) is 2.26. The number of rotatable bonds is 3. The molecule has 1 saturated heterocycles. The second kappa shape index (κ2) is 5.87. The lowest BCUT2D eigenvalue weighted by atomic mass is 9.98. The van der Waals surface area contributed by atoms with Gasteiger partial charge in [0, 0.05) is 18.0 Å². The molecular weight excluding hydrogens is 281 g/mol. The Morgan fingerprint density at radius 3 is 1.80 bits per heavy atom. The zero-order valence-electron chi connectivity index (χ0n) is 10.4. The van der Waals surface area contributed by atoms with E-state index in [-0.39, 0.29) is 12.5 Å². The summed E-state index contributed by atoms with van der Waals surface area (Å²) in [4.78, 5) is 12.1. The molecule has 0 amide bonds. The average Bonchev–Trinajstić information content (AvgIpc) is 2.48. The second-order valence-electron chi connectivity index (χ2n) is 4.80. The molecule has 0 aromatic heterocycles. The Kier molecular flexibility index (Phi) is 4.37. The summed E-state index contributed by atoms with van der Waals surface area (Å²) in [5.41, 5.74) is -0.828. The van der Waals surface area contributed by atoms with E-state index in [0.29, 0.717) is 25.9 Å². The quantitative estimate of drug-likeness (QED) is 0.370. The van der Waals surface area contributed by atoms with Gasteiger partial charge in [-0.05, 0) is 25.9 Å². The SMILES string of the molecule is O=CC1CCN(Cc2c(F)c(F)c(F)c(F)c2F)CC1. The van der Waals surface area contributed by atoms with Gasteiger partial charge in [-0.15, -0.1) is 0 Å². The van der Waals surface area contributed by atoms with Crippen LogP contribution in [0.15, 0.2) is 0 Å². The summed E-state index contributed by atoms with van der Waals surface area (Å²) in [7, 11) is 0. The molecule has 20 heavy (non-hydrogen) atoms. The Bertz CT molecular complexity index is 497. The van der Waals surface area contributed by atoms with Gasteiger partial charge in [0.15, 0.2) is 23.3 Å². The van der Waals surface area contributed by atoms with Crippen LogP contribution in [0.4, 0.5) is 22.0 Å². The maximum Gasteiger partial charge on any atom is 0.200 e. The minimum absolute atomic E-state index is 0.109. The highest BCUT2D eigenvalue weighted by atomic mass is 19.2. The number of benzene rings is 1. The van der Waals surface area contributed by atoms with Crippen molar-refractivity contribution in [2.75, 3.05) is 13.1 Å². The Hall–Kier alpha value is -1.50. The van der Waals surface area contributed by atoms with Crippen molar-refractivity contribution in [2.24, 2.45) is 5.92 Å². The van der Waals surface area contributed by atoms with Crippen molar-refractivity contribution >= 4 is 6.29 Å². The lowest BCUT2D eigenvalue weighted by molar-refractivity contribution is -0.112. The maximum absolute atomic E-state index is 13.5. The van der Waals surface area contributed by atoms with Crippen molar-refractivity contribution in [3.63, 3.8) is 0 Å². The number of halogens is 5. The van der Waals surface area contributed by atoms with Crippen molar-refractivity contribution < 1.29 is 26.7 Å². The van der Waals surface area contributed by atoms with E-state index in [0.717, 1.165) is 6.29 Å². The molecule has 2 nitrogen and oxygen atoms in total. The van der Waals surface area contributed by atoms with Crippen LogP contribution in [0.1, 0.15) is 18.4 Å². The summed E-state index contributed by atoms with van der Waals surface area (Å²) in [6, 6.07) is 0. The van der Waals surface area contributed by atoms with E-state index in [4.69, 9.17) is 0 Å². The first-order chi connectivity index (χ1) is 9.45. The number of hydrogen-bond donors (Lipinski definition) is 0. The summed E-state index contributed by atoms with van der Waals surface area (Å²) in [5, 5.41) is 0. The zero-order valence-corrected chi connectivity index (χ0v) is 10.4. The molecule has 0 unspecified atom stereocenters. The van der Waals surface area contributed by atoms with Crippen molar-refractivity contribution in [1.82, 2.24) is 4.90 Å². The van der Waals surface area contributed by atoms with Crippen LogP contribution in [0.5, 0.6) is 0 Å². The van der Waals surface area contributed by atoms with E-state index in [1.54, 1.807) is 4.90 Å². The predicted octanol–water partition coefficient (Wildman–Crippen LogP) is 2.79. The third kappa shape index (κ3) is 2.67. The summed E-state index contributed by atoms with van der Waals surface area (Å²) in [6.07, 6.45) is 1.84. The van der Waals surface area contributed by atoms with Crippen LogP contribution in [0.3, 0.4) is 0 Å². The second-order valence-corrected chi connectivity index (χ2v) is 4.80. The molecule has 0 atom stereocenters. The van der Waals surface area contributed by atoms with Crippen LogP contribution in [0.25, 0.3) is 0 Å². The Morgan fingerprint density at radius 2 is 1.35 bits per heavy atom. The molecule has 1 aromatic rings. The number of carbonyl (C=O) groups excluding carboxylic acids is 1. The van der Waals surface area contributed by atoms with Gasteiger partial charge in [0.2, 0.25) is 5.82 Å². The monoisotopic (exact) mass is 293 g/mol. The fraction of sp³-hybridized carbons (Fsp3) is 0.462. The molecule has 0 bridgehead atoms. The minimum atomic E-state index is -2.15. The van der Waals surface area contributed by atoms with E-state index >= 15 is 0 Å². The van der Waals surface area contributed by atoms with Crippen LogP contribution in [0.2, 0.25) is 0 Å². The first kappa shape index (κ1) is 14.9. The highest BCUT2D eigenvalue weighted by Crippen LogP contribution is 2.25. The molecule has 7 heteroatoms. The van der Waals surface area contributed by atoms with Crippen molar-refractivity contribution in [2.45, 2.75) is 19.4 Å². The molecule has 0 N–H and O–H groups in total. The molecule has 110 valence electrons. The van der Waals surface area contributed by atoms with E-state index in [9.17, 15) is 26.7 Å². The van der Waals surface area contributed by atoms with E-state index < -0.39 is 34.6 Å². The van der Waals surface area contributed by atoms with E-state index in [2.05, 4.69) is 0 Å². The number of carbonyl (C=O) groups is 1. The van der Waals surface area contributed by atoms with Crippen molar-refractivity contribution in [1.29, 1.82) is 0 Å². The molecule has 1 fully saturated rings. The molecule has 1 aromatic carbocycles. The third-order valence-electron chi connectivity index (χ3n) is 3.51. The van der Waals surface area contributed by atoms with Gasteiger partial charge in [0.05, 0.1) is 0 Å². The Labute approximate surface area is 112 Å². The lowest BCUT2D eigenvalue weighted by Gasteiger charge is -2.29. The molecule has 1 aliphatic rings. The van der Waals surface area contributed by atoms with Gasteiger partial charge in [-0.1, -0.05) is 0 Å². The fourth-order valence-corrected chi connectivity index (χ4v) is 2.26. The molecule has 0 spiro atoms. The van der Waals surface area contributed by atoms with Crippen LogP contribution in [0, 0.1) is 35.0 Å². The number of aldehydes is 1. The molecule has 2 rings (SSSR count). The third-order valence-corrected chi connectivity index (χ3v) is 3.51. The predicted molar refractivity (Wildman–Crippen MR) is 60.3 cm³/mol. The molecule has 1 aliphatic heterocycles. The highest BCUT2D eigenvalue weighted by Gasteiger charge is 2.28. The number of hydrogen-bond acceptors (Lipinski definition) is 2. The molecule has 1 heterocycles. The Morgan fingerprint density at radius 1 is 0.900 bits per heavy atom. The summed E-state index contributed by atoms with van der Waals surface area (Å²) >= 11 is 0. The van der Waals surface area contributed by atoms with Gasteiger partial charge < -0.3 is 4.79 Å². The van der Waals surface area contributed by atoms with Gasteiger partial charge in [0.1, 0.15) is 6.29 Å². The zero-order chi connectivity index (χ0) is 14.9. The van der Waals surface area contributed by atoms with Crippen LogP contribution >= 0.6 is 0 Å². The molecular formula is C13H12F5NO. The largest absolute Gasteiger partial charge is 0.303 e. The lowest BCUT2D eigenvalue weighted by Crippen LogP contribution is -2.34. The molecule has 0 saturated carbocycles. The van der Waals surface area contributed by atoms with Gasteiger partial charge in [-0.2, -0.15) is 0 Å². The number of likely N-dealkylation sites (tertiary alicyclic amines) is 1.